The number of aryl methyl sites for hydroxylation is 1. The molecule has 0 bridgehead atoms. The number of oxazole rings is 1. The molecule has 0 spiro atoms. The van der Waals surface area contributed by atoms with E-state index in [1.54, 1.807) is 6.20 Å². The second-order valence-electron chi connectivity index (χ2n) is 4.34. The van der Waals surface area contributed by atoms with Crippen LogP contribution in [0.2, 0.25) is 0 Å². The smallest absolute Gasteiger partial charge is 0.180 e. The van der Waals surface area contributed by atoms with Crippen molar-refractivity contribution >= 4 is 21.8 Å². The third-order valence-corrected chi connectivity index (χ3v) is 3.10. The summed E-state index contributed by atoms with van der Waals surface area (Å²) in [5.41, 5.74) is 3.78. The van der Waals surface area contributed by atoms with Crippen LogP contribution < -0.4 is 0 Å². The molecule has 0 aliphatic heterocycles. The number of rotatable bonds is 0. The predicted molar refractivity (Wildman–Crippen MR) is 77.0 cm³/mol. The average Bonchev–Trinajstić information content (AvgIpc) is 3.10. The van der Waals surface area contributed by atoms with Crippen LogP contribution >= 0.6 is 0 Å². The molecule has 0 saturated heterocycles. The zero-order valence-electron chi connectivity index (χ0n) is 10.6. The molecular weight excluding hydrogens is 236 g/mol. The number of hydrogen-bond acceptors (Lipinski definition) is 2. The van der Waals surface area contributed by atoms with Gasteiger partial charge in [-0.05, 0) is 18.6 Å². The summed E-state index contributed by atoms with van der Waals surface area (Å²) in [5, 5.41) is 2.63. The summed E-state index contributed by atoms with van der Waals surface area (Å²) in [6.07, 6.45) is 4.47. The molecular formula is C16H14N2O. The fourth-order valence-corrected chi connectivity index (χ4v) is 2.20. The Bertz CT molecular complexity index is 768. The van der Waals surface area contributed by atoms with Gasteiger partial charge in [0.15, 0.2) is 6.39 Å². The van der Waals surface area contributed by atoms with Crippen LogP contribution in [0, 0.1) is 6.92 Å². The lowest BCUT2D eigenvalue weighted by molar-refractivity contribution is 0.558. The minimum absolute atomic E-state index is 1.22. The number of hydrogen-bond donors (Lipinski definition) is 1. The molecule has 0 aliphatic carbocycles. The lowest BCUT2D eigenvalue weighted by Crippen LogP contribution is -1.73. The van der Waals surface area contributed by atoms with E-state index in [9.17, 15) is 0 Å². The first-order valence-corrected chi connectivity index (χ1v) is 6.14. The summed E-state index contributed by atoms with van der Waals surface area (Å²) in [5.74, 6) is 0. The Balaban J connectivity index is 0.000000187. The van der Waals surface area contributed by atoms with Crippen LogP contribution in [-0.4, -0.2) is 9.97 Å². The molecule has 1 N–H and O–H groups in total. The Kier molecular flexibility index (Phi) is 3.02. The molecule has 2 heterocycles. The van der Waals surface area contributed by atoms with Crippen molar-refractivity contribution < 1.29 is 4.42 Å². The first kappa shape index (κ1) is 11.5. The number of nitrogens with zero attached hydrogens (tertiary/aromatic N) is 1. The second-order valence-corrected chi connectivity index (χ2v) is 4.34. The monoisotopic (exact) mass is 250 g/mol. The van der Waals surface area contributed by atoms with Crippen LogP contribution in [-0.2, 0) is 0 Å². The van der Waals surface area contributed by atoms with Gasteiger partial charge >= 0.3 is 0 Å². The van der Waals surface area contributed by atoms with Gasteiger partial charge in [-0.1, -0.05) is 36.4 Å². The second kappa shape index (κ2) is 4.98. The van der Waals surface area contributed by atoms with E-state index >= 15 is 0 Å². The summed E-state index contributed by atoms with van der Waals surface area (Å²) >= 11 is 0. The van der Waals surface area contributed by atoms with Crippen molar-refractivity contribution in [2.45, 2.75) is 6.92 Å². The lowest BCUT2D eigenvalue weighted by Gasteiger charge is -1.93. The van der Waals surface area contributed by atoms with E-state index in [1.165, 1.54) is 40.0 Å². The highest BCUT2D eigenvalue weighted by molar-refractivity contribution is 6.08. The molecule has 4 aromatic rings. The summed E-state index contributed by atoms with van der Waals surface area (Å²) in [4.78, 5) is 7.00. The van der Waals surface area contributed by atoms with E-state index in [1.807, 2.05) is 0 Å². The maximum atomic E-state index is 4.47. The fourth-order valence-electron chi connectivity index (χ4n) is 2.20. The van der Waals surface area contributed by atoms with Gasteiger partial charge in [0, 0.05) is 21.8 Å². The van der Waals surface area contributed by atoms with Gasteiger partial charge in [-0.25, -0.2) is 4.98 Å². The van der Waals surface area contributed by atoms with Crippen LogP contribution in [0.3, 0.4) is 0 Å². The molecule has 19 heavy (non-hydrogen) atoms. The van der Waals surface area contributed by atoms with E-state index in [0.717, 1.165) is 0 Å². The molecule has 2 aromatic carbocycles. The summed E-state index contributed by atoms with van der Waals surface area (Å²) in [6.45, 7) is 2.14. The molecule has 0 fully saturated rings. The highest BCUT2D eigenvalue weighted by Crippen LogP contribution is 2.26. The topological polar surface area (TPSA) is 41.8 Å². The summed E-state index contributed by atoms with van der Waals surface area (Å²) in [7, 11) is 0. The fraction of sp³-hybridized carbons (Fsp3) is 0.0625. The van der Waals surface area contributed by atoms with Crippen LogP contribution in [0.4, 0.5) is 0 Å². The maximum Gasteiger partial charge on any atom is 0.180 e. The standard InChI is InChI=1S/C13H11N.C3H3NO/c1-9-5-4-7-11-10-6-2-3-8-12(10)14-13(9)11;1-2-5-3-4-1/h2-8,14H,1H3;1-3H. The van der Waals surface area contributed by atoms with Crippen molar-refractivity contribution in [3.63, 3.8) is 0 Å². The summed E-state index contributed by atoms with van der Waals surface area (Å²) < 4.78 is 4.47. The van der Waals surface area contributed by atoms with Gasteiger partial charge in [-0.3, -0.25) is 0 Å². The Labute approximate surface area is 110 Å². The van der Waals surface area contributed by atoms with Gasteiger partial charge in [0.05, 0.1) is 6.20 Å². The third-order valence-electron chi connectivity index (χ3n) is 3.10. The zero-order chi connectivity index (χ0) is 13.1. The van der Waals surface area contributed by atoms with Crippen LogP contribution in [0.5, 0.6) is 0 Å². The Morgan fingerprint density at radius 1 is 1.00 bits per heavy atom. The molecule has 0 unspecified atom stereocenters. The van der Waals surface area contributed by atoms with Gasteiger partial charge in [-0.2, -0.15) is 0 Å². The van der Waals surface area contributed by atoms with E-state index in [-0.39, 0.29) is 0 Å². The molecule has 0 amide bonds. The number of aromatic nitrogens is 2. The number of fused-ring (bicyclic) bond motifs is 3. The SMILES string of the molecule is Cc1cccc2c1[nH]c1ccccc12.c1cocn1. The first-order valence-electron chi connectivity index (χ1n) is 6.14. The average molecular weight is 250 g/mol. The maximum absolute atomic E-state index is 4.47. The van der Waals surface area contributed by atoms with Crippen molar-refractivity contribution in [3.8, 4) is 0 Å². The van der Waals surface area contributed by atoms with Crippen molar-refractivity contribution in [1.82, 2.24) is 9.97 Å². The van der Waals surface area contributed by atoms with E-state index < -0.39 is 0 Å². The largest absolute Gasteiger partial charge is 0.452 e. The first-order chi connectivity index (χ1) is 9.36. The number of H-pyrrole nitrogens is 1. The summed E-state index contributed by atoms with van der Waals surface area (Å²) in [6, 6.07) is 14.8. The van der Waals surface area contributed by atoms with Crippen molar-refractivity contribution in [2.24, 2.45) is 0 Å². The van der Waals surface area contributed by atoms with E-state index in [2.05, 4.69) is 63.8 Å². The number of benzene rings is 2. The molecule has 0 aliphatic rings. The van der Waals surface area contributed by atoms with Crippen molar-refractivity contribution in [1.29, 1.82) is 0 Å². The lowest BCUT2D eigenvalue weighted by atomic mass is 10.1. The van der Waals surface area contributed by atoms with Crippen LogP contribution in [0.15, 0.2) is 65.7 Å². The quantitative estimate of drug-likeness (QED) is 0.505. The van der Waals surface area contributed by atoms with Gasteiger partial charge in [0.2, 0.25) is 0 Å². The molecule has 4 rings (SSSR count). The Morgan fingerprint density at radius 3 is 2.58 bits per heavy atom. The van der Waals surface area contributed by atoms with Gasteiger partial charge < -0.3 is 9.40 Å². The molecule has 94 valence electrons. The van der Waals surface area contributed by atoms with E-state index in [4.69, 9.17) is 0 Å². The molecule has 0 atom stereocenters. The van der Waals surface area contributed by atoms with Crippen LogP contribution in [0.25, 0.3) is 21.8 Å². The highest BCUT2D eigenvalue weighted by Gasteiger charge is 2.03. The van der Waals surface area contributed by atoms with E-state index in [0.29, 0.717) is 0 Å². The van der Waals surface area contributed by atoms with Gasteiger partial charge in [-0.15, -0.1) is 0 Å². The Morgan fingerprint density at radius 2 is 1.84 bits per heavy atom. The van der Waals surface area contributed by atoms with Crippen LogP contribution in [0.1, 0.15) is 5.56 Å². The molecule has 3 heteroatoms. The zero-order valence-corrected chi connectivity index (χ0v) is 10.6. The molecule has 0 radical (unpaired) electrons. The number of para-hydroxylation sites is 2. The molecule has 0 saturated carbocycles. The van der Waals surface area contributed by atoms with Gasteiger partial charge in [0.25, 0.3) is 0 Å². The number of aromatic amines is 1. The molecule has 3 nitrogen and oxygen atoms in total. The number of nitrogens with one attached hydrogen (secondary N) is 1. The Hall–Kier alpha value is -2.55. The van der Waals surface area contributed by atoms with Crippen molar-refractivity contribution in [2.75, 3.05) is 0 Å². The third kappa shape index (κ3) is 2.22. The normalized spacial score (nSPS) is 10.4. The van der Waals surface area contributed by atoms with Gasteiger partial charge in [0.1, 0.15) is 6.26 Å². The highest BCUT2D eigenvalue weighted by atomic mass is 16.3. The predicted octanol–water partition coefficient (Wildman–Crippen LogP) is 4.30. The minimum Gasteiger partial charge on any atom is -0.452 e. The van der Waals surface area contributed by atoms with Crippen molar-refractivity contribution in [3.05, 3.63) is 66.9 Å². The molecule has 2 aromatic heterocycles. The minimum atomic E-state index is 1.22.